The molecule has 1 aromatic rings. The summed E-state index contributed by atoms with van der Waals surface area (Å²) in [6.45, 7) is 3.46. The first kappa shape index (κ1) is 14.3. The third kappa shape index (κ3) is 2.74. The molecule has 0 N–H and O–H groups in total. The fraction of sp³-hybridized carbons (Fsp3) is 0.467. The number of nitrogens with zero attached hydrogens (tertiary/aromatic N) is 1. The monoisotopic (exact) mass is 277 g/mol. The van der Waals surface area contributed by atoms with Crippen molar-refractivity contribution in [2.75, 3.05) is 6.61 Å². The molecule has 5 heteroatoms. The Morgan fingerprint density at radius 2 is 2.40 bits per heavy atom. The summed E-state index contributed by atoms with van der Waals surface area (Å²) in [6.07, 6.45) is 0.392. The molecule has 0 amide bonds. The summed E-state index contributed by atoms with van der Waals surface area (Å²) in [4.78, 5) is 11.9. The molecule has 1 aliphatic heterocycles. The van der Waals surface area contributed by atoms with Crippen LogP contribution in [0.25, 0.3) is 0 Å². The minimum atomic E-state index is -1.25. The third-order valence-electron chi connectivity index (χ3n) is 3.37. The van der Waals surface area contributed by atoms with Crippen molar-refractivity contribution in [2.45, 2.75) is 32.8 Å². The molecular formula is C15H16FNO3. The van der Waals surface area contributed by atoms with E-state index < -0.39 is 11.4 Å². The number of carbonyl (C=O) groups is 1. The molecule has 0 saturated heterocycles. The van der Waals surface area contributed by atoms with E-state index in [1.54, 1.807) is 13.0 Å². The van der Waals surface area contributed by atoms with Crippen molar-refractivity contribution >= 4 is 5.97 Å². The van der Waals surface area contributed by atoms with Crippen LogP contribution in [-0.4, -0.2) is 18.7 Å². The van der Waals surface area contributed by atoms with Crippen molar-refractivity contribution in [3.63, 3.8) is 0 Å². The molecule has 2 atom stereocenters. The molecule has 0 aliphatic carbocycles. The van der Waals surface area contributed by atoms with E-state index in [9.17, 15) is 14.4 Å². The first-order valence-corrected chi connectivity index (χ1v) is 6.52. The lowest BCUT2D eigenvalue weighted by Gasteiger charge is -2.22. The Hall–Kier alpha value is -2.09. The number of hydrogen-bond acceptors (Lipinski definition) is 4. The highest BCUT2D eigenvalue weighted by Crippen LogP contribution is 2.35. The second-order valence-corrected chi connectivity index (χ2v) is 5.06. The average molecular weight is 277 g/mol. The fourth-order valence-corrected chi connectivity index (χ4v) is 2.32. The number of hydrogen-bond donors (Lipinski definition) is 0. The predicted octanol–water partition coefficient (Wildman–Crippen LogP) is 2.61. The largest absolute Gasteiger partial charge is 0.490 e. The van der Waals surface area contributed by atoms with Crippen LogP contribution in [0.4, 0.5) is 4.39 Å². The van der Waals surface area contributed by atoms with Crippen LogP contribution in [-0.2, 0) is 16.0 Å². The minimum Gasteiger partial charge on any atom is -0.490 e. The van der Waals surface area contributed by atoms with Gasteiger partial charge in [0.25, 0.3) is 0 Å². The summed E-state index contributed by atoms with van der Waals surface area (Å²) in [5.74, 6) is -0.254. The van der Waals surface area contributed by atoms with Crippen LogP contribution >= 0.6 is 0 Å². The molecule has 0 radical (unpaired) electrons. The molecular weight excluding hydrogens is 261 g/mol. The highest BCUT2D eigenvalue weighted by molar-refractivity contribution is 5.79. The molecule has 2 rings (SSSR count). The second-order valence-electron chi connectivity index (χ2n) is 5.06. The topological polar surface area (TPSA) is 59.3 Å². The number of ether oxygens (including phenoxy) is 2. The van der Waals surface area contributed by atoms with Crippen molar-refractivity contribution < 1.29 is 18.7 Å². The number of benzene rings is 1. The zero-order chi connectivity index (χ0) is 14.8. The Balaban J connectivity index is 2.09. The van der Waals surface area contributed by atoms with Crippen LogP contribution in [0.1, 0.15) is 25.8 Å². The summed E-state index contributed by atoms with van der Waals surface area (Å²) in [7, 11) is 0. The lowest BCUT2D eigenvalue weighted by molar-refractivity contribution is -0.152. The van der Waals surface area contributed by atoms with Gasteiger partial charge in [-0.25, -0.2) is 4.39 Å². The number of rotatable bonds is 4. The second kappa shape index (κ2) is 5.49. The van der Waals surface area contributed by atoms with E-state index in [0.717, 1.165) is 5.56 Å². The standard InChI is InChI=1S/C15H16FNO3/c1-3-19-14(18)15(2,9-17)8-12-7-10-6-11(16)4-5-13(10)20-12/h4-6,12H,3,7-8H2,1-2H3. The van der Waals surface area contributed by atoms with Gasteiger partial charge in [-0.1, -0.05) is 0 Å². The lowest BCUT2D eigenvalue weighted by Crippen LogP contribution is -2.34. The molecule has 0 fully saturated rings. The maximum absolute atomic E-state index is 13.1. The summed E-state index contributed by atoms with van der Waals surface area (Å²) in [5.41, 5.74) is -0.486. The average Bonchev–Trinajstić information content (AvgIpc) is 2.79. The van der Waals surface area contributed by atoms with E-state index in [1.807, 2.05) is 6.07 Å². The fourth-order valence-electron chi connectivity index (χ4n) is 2.32. The number of carbonyl (C=O) groups excluding carboxylic acids is 1. The highest BCUT2D eigenvalue weighted by Gasteiger charge is 2.40. The van der Waals surface area contributed by atoms with Gasteiger partial charge in [-0.15, -0.1) is 0 Å². The van der Waals surface area contributed by atoms with Gasteiger partial charge in [0.1, 0.15) is 17.7 Å². The van der Waals surface area contributed by atoms with Gasteiger partial charge in [0.2, 0.25) is 0 Å². The predicted molar refractivity (Wildman–Crippen MR) is 69.5 cm³/mol. The van der Waals surface area contributed by atoms with Gasteiger partial charge in [-0.05, 0) is 32.0 Å². The number of esters is 1. The van der Waals surface area contributed by atoms with Gasteiger partial charge in [0, 0.05) is 18.4 Å². The normalized spacial score (nSPS) is 19.4. The van der Waals surface area contributed by atoms with Crippen LogP contribution < -0.4 is 4.74 Å². The zero-order valence-electron chi connectivity index (χ0n) is 11.5. The van der Waals surface area contributed by atoms with E-state index in [1.165, 1.54) is 19.1 Å². The van der Waals surface area contributed by atoms with Gasteiger partial charge < -0.3 is 9.47 Å². The quantitative estimate of drug-likeness (QED) is 0.794. The smallest absolute Gasteiger partial charge is 0.326 e. The van der Waals surface area contributed by atoms with Crippen LogP contribution in [0.15, 0.2) is 18.2 Å². The van der Waals surface area contributed by atoms with Crippen molar-refractivity contribution in [1.29, 1.82) is 5.26 Å². The van der Waals surface area contributed by atoms with Gasteiger partial charge in [-0.3, -0.25) is 4.79 Å². The van der Waals surface area contributed by atoms with E-state index in [2.05, 4.69) is 0 Å². The molecule has 1 aromatic carbocycles. The Morgan fingerprint density at radius 1 is 1.65 bits per heavy atom. The zero-order valence-corrected chi connectivity index (χ0v) is 11.5. The Labute approximate surface area is 117 Å². The van der Waals surface area contributed by atoms with Crippen LogP contribution in [0.3, 0.4) is 0 Å². The first-order valence-electron chi connectivity index (χ1n) is 6.52. The SMILES string of the molecule is CCOC(=O)C(C)(C#N)CC1Cc2cc(F)ccc2O1. The molecule has 1 aliphatic rings. The lowest BCUT2D eigenvalue weighted by atomic mass is 9.85. The molecule has 0 aromatic heterocycles. The minimum absolute atomic E-state index is 0.221. The van der Waals surface area contributed by atoms with Gasteiger partial charge >= 0.3 is 5.97 Å². The van der Waals surface area contributed by atoms with Gasteiger partial charge in [-0.2, -0.15) is 5.26 Å². The Bertz CT molecular complexity index is 567. The summed E-state index contributed by atoms with van der Waals surface area (Å²) in [6, 6.07) is 6.32. The van der Waals surface area contributed by atoms with Gasteiger partial charge in [0.15, 0.2) is 5.41 Å². The molecule has 0 saturated carbocycles. The summed E-state index contributed by atoms with van der Waals surface area (Å²) < 4.78 is 23.7. The van der Waals surface area contributed by atoms with Crippen molar-refractivity contribution in [3.05, 3.63) is 29.6 Å². The third-order valence-corrected chi connectivity index (χ3v) is 3.37. The summed E-state index contributed by atoms with van der Waals surface area (Å²) >= 11 is 0. The van der Waals surface area contributed by atoms with Crippen molar-refractivity contribution in [1.82, 2.24) is 0 Å². The Morgan fingerprint density at radius 3 is 3.05 bits per heavy atom. The van der Waals surface area contributed by atoms with Crippen LogP contribution in [0.5, 0.6) is 5.75 Å². The molecule has 106 valence electrons. The highest BCUT2D eigenvalue weighted by atomic mass is 19.1. The maximum Gasteiger partial charge on any atom is 0.326 e. The van der Waals surface area contributed by atoms with Crippen molar-refractivity contribution in [2.24, 2.45) is 5.41 Å². The molecule has 20 heavy (non-hydrogen) atoms. The number of halogens is 1. The molecule has 1 heterocycles. The maximum atomic E-state index is 13.1. The molecule has 4 nitrogen and oxygen atoms in total. The summed E-state index contributed by atoms with van der Waals surface area (Å²) in [5, 5.41) is 9.24. The molecule has 0 spiro atoms. The number of fused-ring (bicyclic) bond motifs is 1. The van der Waals surface area contributed by atoms with E-state index in [4.69, 9.17) is 9.47 Å². The first-order chi connectivity index (χ1) is 9.48. The Kier molecular flexibility index (Phi) is 3.93. The molecule has 0 bridgehead atoms. The van der Waals surface area contributed by atoms with Gasteiger partial charge in [0.05, 0.1) is 12.7 Å². The van der Waals surface area contributed by atoms with Crippen LogP contribution in [0.2, 0.25) is 0 Å². The van der Waals surface area contributed by atoms with E-state index in [0.29, 0.717) is 12.2 Å². The van der Waals surface area contributed by atoms with E-state index in [-0.39, 0.29) is 24.9 Å². The van der Waals surface area contributed by atoms with E-state index >= 15 is 0 Å². The number of nitriles is 1. The molecule has 2 unspecified atom stereocenters. The van der Waals surface area contributed by atoms with Crippen LogP contribution in [0, 0.1) is 22.6 Å². The van der Waals surface area contributed by atoms with Crippen molar-refractivity contribution in [3.8, 4) is 11.8 Å².